The molecule has 2 aromatic rings. The number of alkyl halides is 3. The Morgan fingerprint density at radius 1 is 1.22 bits per heavy atom. The van der Waals surface area contributed by atoms with Gasteiger partial charge in [-0.1, -0.05) is 30.3 Å². The van der Waals surface area contributed by atoms with E-state index in [0.29, 0.717) is 0 Å². The van der Waals surface area contributed by atoms with Gasteiger partial charge in [0, 0.05) is 16.2 Å². The molecule has 0 unspecified atom stereocenters. The largest absolute Gasteiger partial charge is 0.465 e. The van der Waals surface area contributed by atoms with Crippen LogP contribution in [0.3, 0.4) is 0 Å². The van der Waals surface area contributed by atoms with E-state index in [2.05, 4.69) is 4.74 Å². The quantitative estimate of drug-likeness (QED) is 0.589. The highest BCUT2D eigenvalue weighted by Gasteiger charge is 2.42. The Morgan fingerprint density at radius 2 is 1.78 bits per heavy atom. The highest BCUT2D eigenvalue weighted by Crippen LogP contribution is 2.48. The van der Waals surface area contributed by atoms with Crippen LogP contribution in [-0.2, 0) is 20.0 Å². The maximum absolute atomic E-state index is 13.3. The van der Waals surface area contributed by atoms with E-state index in [4.69, 9.17) is 10.7 Å². The van der Waals surface area contributed by atoms with Crippen LogP contribution >= 0.6 is 22.0 Å². The van der Waals surface area contributed by atoms with Crippen molar-refractivity contribution in [3.05, 3.63) is 40.1 Å². The molecule has 124 valence electrons. The molecule has 0 saturated heterocycles. The van der Waals surface area contributed by atoms with Crippen LogP contribution in [0.25, 0.3) is 11.1 Å². The van der Waals surface area contributed by atoms with Gasteiger partial charge >= 0.3 is 12.1 Å². The Hall–Kier alpha value is -1.58. The lowest BCUT2D eigenvalue weighted by molar-refractivity contribution is -0.133. The molecule has 1 aromatic heterocycles. The fraction of sp³-hybridized carbons (Fsp3) is 0.154. The summed E-state index contributed by atoms with van der Waals surface area (Å²) in [6.07, 6.45) is -4.86. The van der Waals surface area contributed by atoms with Crippen molar-refractivity contribution < 1.29 is 31.1 Å². The number of carbonyl (C=O) groups excluding carboxylic acids is 1. The second kappa shape index (κ2) is 6.14. The van der Waals surface area contributed by atoms with E-state index >= 15 is 0 Å². The molecule has 0 N–H and O–H groups in total. The van der Waals surface area contributed by atoms with Crippen molar-refractivity contribution in [1.82, 2.24) is 0 Å². The van der Waals surface area contributed by atoms with Crippen molar-refractivity contribution >= 4 is 37.0 Å². The number of methoxy groups -OCH3 is 1. The zero-order valence-electron chi connectivity index (χ0n) is 11.3. The number of halogens is 4. The molecule has 0 aliphatic carbocycles. The molecule has 0 amide bonds. The minimum Gasteiger partial charge on any atom is -0.465 e. The number of ether oxygens (including phenoxy) is 1. The van der Waals surface area contributed by atoms with Gasteiger partial charge in [-0.15, -0.1) is 11.3 Å². The van der Waals surface area contributed by atoms with Crippen molar-refractivity contribution in [1.29, 1.82) is 0 Å². The van der Waals surface area contributed by atoms with Gasteiger partial charge in [0.15, 0.2) is 0 Å². The van der Waals surface area contributed by atoms with Gasteiger partial charge in [0.05, 0.1) is 7.11 Å². The van der Waals surface area contributed by atoms with E-state index in [9.17, 15) is 26.4 Å². The number of esters is 1. The number of thiophene rings is 1. The van der Waals surface area contributed by atoms with Gasteiger partial charge < -0.3 is 4.74 Å². The topological polar surface area (TPSA) is 60.4 Å². The standard InChI is InChI=1S/C13H8ClF3O4S2/c1-21-12(18)9-10(23(14,19)20)8(7-5-3-2-4-6-7)11(22-9)13(15,16)17/h2-6H,1H3. The third-order valence-corrected chi connectivity index (χ3v) is 5.50. The van der Waals surface area contributed by atoms with E-state index in [0.717, 1.165) is 7.11 Å². The van der Waals surface area contributed by atoms with Crippen LogP contribution in [0.1, 0.15) is 14.5 Å². The number of hydrogen-bond acceptors (Lipinski definition) is 5. The van der Waals surface area contributed by atoms with Crippen LogP contribution < -0.4 is 0 Å². The van der Waals surface area contributed by atoms with Gasteiger partial charge in [0.2, 0.25) is 0 Å². The molecular formula is C13H8ClF3O4S2. The smallest absolute Gasteiger partial charge is 0.426 e. The third-order valence-electron chi connectivity index (χ3n) is 2.80. The minimum absolute atomic E-state index is 0.0157. The molecule has 0 aliphatic heterocycles. The molecule has 4 nitrogen and oxygen atoms in total. The van der Waals surface area contributed by atoms with Crippen LogP contribution in [0.2, 0.25) is 0 Å². The first-order chi connectivity index (χ1) is 10.6. The normalized spacial score (nSPS) is 12.2. The number of benzene rings is 1. The lowest BCUT2D eigenvalue weighted by atomic mass is 10.1. The predicted molar refractivity (Wildman–Crippen MR) is 79.1 cm³/mol. The average molecular weight is 385 g/mol. The highest BCUT2D eigenvalue weighted by atomic mass is 35.7. The second-order valence-corrected chi connectivity index (χ2v) is 7.78. The van der Waals surface area contributed by atoms with Crippen molar-refractivity contribution in [2.75, 3.05) is 7.11 Å². The molecule has 0 spiro atoms. The molecule has 1 aromatic carbocycles. The van der Waals surface area contributed by atoms with E-state index in [1.54, 1.807) is 6.07 Å². The van der Waals surface area contributed by atoms with Gasteiger partial charge in [0.1, 0.15) is 14.6 Å². The fourth-order valence-electron chi connectivity index (χ4n) is 1.94. The van der Waals surface area contributed by atoms with Crippen LogP contribution in [0.4, 0.5) is 13.2 Å². The molecule has 23 heavy (non-hydrogen) atoms. The average Bonchev–Trinajstić information content (AvgIpc) is 2.88. The van der Waals surface area contributed by atoms with Gasteiger partial charge in [0.25, 0.3) is 9.05 Å². The van der Waals surface area contributed by atoms with Gasteiger partial charge in [-0.05, 0) is 5.56 Å². The van der Waals surface area contributed by atoms with Gasteiger partial charge in [-0.25, -0.2) is 13.2 Å². The Bertz CT molecular complexity index is 842. The van der Waals surface area contributed by atoms with Crippen LogP contribution in [-0.4, -0.2) is 21.5 Å². The lowest BCUT2D eigenvalue weighted by Crippen LogP contribution is -2.06. The lowest BCUT2D eigenvalue weighted by Gasteiger charge is -2.09. The maximum Gasteiger partial charge on any atom is 0.426 e. The Labute approximate surface area is 137 Å². The van der Waals surface area contributed by atoms with Crippen LogP contribution in [0.5, 0.6) is 0 Å². The molecule has 0 bridgehead atoms. The summed E-state index contributed by atoms with van der Waals surface area (Å²) in [5.41, 5.74) is -0.677. The van der Waals surface area contributed by atoms with Crippen molar-refractivity contribution in [3.8, 4) is 11.1 Å². The van der Waals surface area contributed by atoms with Crippen LogP contribution in [0.15, 0.2) is 35.2 Å². The molecule has 0 atom stereocenters. The Kier molecular flexibility index (Phi) is 4.74. The monoisotopic (exact) mass is 384 g/mol. The maximum atomic E-state index is 13.3. The summed E-state index contributed by atoms with van der Waals surface area (Å²) in [6.45, 7) is 0. The molecule has 0 radical (unpaired) electrons. The number of rotatable bonds is 3. The summed E-state index contributed by atoms with van der Waals surface area (Å²) < 4.78 is 67.9. The molecule has 0 aliphatic rings. The molecule has 2 rings (SSSR count). The zero-order chi connectivity index (χ0) is 17.4. The van der Waals surface area contributed by atoms with E-state index in [1.807, 2.05) is 0 Å². The first-order valence-corrected chi connectivity index (χ1v) is 9.02. The SMILES string of the molecule is COC(=O)c1sc(C(F)(F)F)c(-c2ccccc2)c1S(=O)(=O)Cl. The van der Waals surface area contributed by atoms with E-state index in [1.165, 1.54) is 24.3 Å². The molecular weight excluding hydrogens is 377 g/mol. The first kappa shape index (κ1) is 17.8. The zero-order valence-corrected chi connectivity index (χ0v) is 13.7. The summed E-state index contributed by atoms with van der Waals surface area (Å²) >= 11 is -0.0157. The van der Waals surface area contributed by atoms with Gasteiger partial charge in [-0.3, -0.25) is 0 Å². The Morgan fingerprint density at radius 3 is 2.22 bits per heavy atom. The number of hydrogen-bond donors (Lipinski definition) is 0. The fourth-order valence-corrected chi connectivity index (χ4v) is 4.83. The molecule has 0 fully saturated rings. The highest BCUT2D eigenvalue weighted by molar-refractivity contribution is 8.14. The van der Waals surface area contributed by atoms with E-state index in [-0.39, 0.29) is 16.9 Å². The molecule has 1 heterocycles. The van der Waals surface area contributed by atoms with Crippen LogP contribution in [0, 0.1) is 0 Å². The summed E-state index contributed by atoms with van der Waals surface area (Å²) in [5, 5.41) is 0. The molecule has 0 saturated carbocycles. The third kappa shape index (κ3) is 3.51. The summed E-state index contributed by atoms with van der Waals surface area (Å²) in [4.78, 5) is 8.86. The number of carbonyl (C=O) groups is 1. The summed E-state index contributed by atoms with van der Waals surface area (Å²) in [6, 6.07) is 7.03. The Balaban J connectivity index is 2.96. The van der Waals surface area contributed by atoms with Crippen molar-refractivity contribution in [3.63, 3.8) is 0 Å². The second-order valence-electron chi connectivity index (χ2n) is 4.26. The molecule has 10 heteroatoms. The van der Waals surface area contributed by atoms with E-state index < -0.39 is 41.4 Å². The first-order valence-electron chi connectivity index (χ1n) is 5.89. The van der Waals surface area contributed by atoms with Crippen molar-refractivity contribution in [2.45, 2.75) is 11.1 Å². The summed E-state index contributed by atoms with van der Waals surface area (Å²) in [7, 11) is 1.59. The van der Waals surface area contributed by atoms with Gasteiger partial charge in [-0.2, -0.15) is 13.2 Å². The minimum atomic E-state index is -4.86. The summed E-state index contributed by atoms with van der Waals surface area (Å²) in [5.74, 6) is -1.21. The van der Waals surface area contributed by atoms with Crippen molar-refractivity contribution in [2.24, 2.45) is 0 Å². The predicted octanol–water partition coefficient (Wildman–Crippen LogP) is 4.15.